The van der Waals surface area contributed by atoms with E-state index in [4.69, 9.17) is 11.6 Å². The van der Waals surface area contributed by atoms with Crippen LogP contribution < -0.4 is 10.6 Å². The van der Waals surface area contributed by atoms with Gasteiger partial charge in [0.2, 0.25) is 5.91 Å². The summed E-state index contributed by atoms with van der Waals surface area (Å²) in [6.07, 6.45) is 2.06. The first-order valence-corrected chi connectivity index (χ1v) is 7.34. The molecule has 0 saturated carbocycles. The van der Waals surface area contributed by atoms with Crippen LogP contribution in [0.4, 0.5) is 5.69 Å². The van der Waals surface area contributed by atoms with E-state index in [9.17, 15) is 4.79 Å². The number of hydrogen-bond acceptors (Lipinski definition) is 3. The monoisotopic (exact) mass is 286 g/mol. The summed E-state index contributed by atoms with van der Waals surface area (Å²) in [5, 5.41) is 6.55. The second kappa shape index (κ2) is 7.02. The van der Waals surface area contributed by atoms with Gasteiger partial charge in [0, 0.05) is 22.0 Å². The molecule has 0 aliphatic carbocycles. The van der Waals surface area contributed by atoms with Gasteiger partial charge in [-0.15, -0.1) is 0 Å². The summed E-state index contributed by atoms with van der Waals surface area (Å²) in [5.74, 6) is -0.0610. The smallest absolute Gasteiger partial charge is 0.238 e. The molecule has 0 atom stereocenters. The highest BCUT2D eigenvalue weighted by atomic mass is 35.5. The molecule has 3 nitrogen and oxygen atoms in total. The van der Waals surface area contributed by atoms with Crippen LogP contribution in [0.3, 0.4) is 0 Å². The summed E-state index contributed by atoms with van der Waals surface area (Å²) in [6.45, 7) is 5.37. The molecule has 0 unspecified atom stereocenters. The van der Waals surface area contributed by atoms with Crippen LogP contribution in [0.5, 0.6) is 0 Å². The number of anilines is 1. The van der Waals surface area contributed by atoms with Crippen LogP contribution in [0.2, 0.25) is 5.02 Å². The van der Waals surface area contributed by atoms with Gasteiger partial charge in [0.05, 0.1) is 6.54 Å². The lowest BCUT2D eigenvalue weighted by Gasteiger charge is -2.22. The minimum atomic E-state index is -0.0610. The normalized spacial score (nSPS) is 11.3. The first-order valence-electron chi connectivity index (χ1n) is 5.74. The molecule has 0 radical (unpaired) electrons. The third kappa shape index (κ3) is 5.76. The molecule has 2 N–H and O–H groups in total. The zero-order chi connectivity index (χ0) is 13.6. The molecule has 0 spiro atoms. The van der Waals surface area contributed by atoms with E-state index < -0.39 is 0 Å². The minimum absolute atomic E-state index is 0.0610. The number of halogens is 1. The Hall–Kier alpha value is -0.710. The highest BCUT2D eigenvalue weighted by Crippen LogP contribution is 2.19. The van der Waals surface area contributed by atoms with Crippen LogP contribution in [0.25, 0.3) is 0 Å². The molecule has 1 aromatic rings. The van der Waals surface area contributed by atoms with E-state index >= 15 is 0 Å². The van der Waals surface area contributed by atoms with Crippen molar-refractivity contribution < 1.29 is 4.79 Å². The van der Waals surface area contributed by atoms with E-state index in [1.54, 1.807) is 23.9 Å². The minimum Gasteiger partial charge on any atom is -0.325 e. The third-order valence-corrected chi connectivity index (χ3v) is 3.98. The third-order valence-electron chi connectivity index (χ3n) is 2.50. The lowest BCUT2D eigenvalue weighted by molar-refractivity contribution is -0.115. The van der Waals surface area contributed by atoms with Crippen LogP contribution in [0, 0.1) is 0 Å². The van der Waals surface area contributed by atoms with Crippen molar-refractivity contribution in [2.45, 2.75) is 18.6 Å². The lowest BCUT2D eigenvalue weighted by Crippen LogP contribution is -2.37. The van der Waals surface area contributed by atoms with Crippen LogP contribution in [0.15, 0.2) is 24.3 Å². The highest BCUT2D eigenvalue weighted by molar-refractivity contribution is 7.99. The van der Waals surface area contributed by atoms with E-state index in [2.05, 4.69) is 30.7 Å². The first-order chi connectivity index (χ1) is 8.43. The maximum atomic E-state index is 11.7. The van der Waals surface area contributed by atoms with Gasteiger partial charge in [-0.2, -0.15) is 11.8 Å². The second-order valence-corrected chi connectivity index (χ2v) is 6.58. The molecule has 0 bridgehead atoms. The zero-order valence-corrected chi connectivity index (χ0v) is 12.5. The summed E-state index contributed by atoms with van der Waals surface area (Å²) in [6, 6.07) is 7.12. The fourth-order valence-corrected chi connectivity index (χ4v) is 1.76. The summed E-state index contributed by atoms with van der Waals surface area (Å²) < 4.78 is 0.135. The predicted octanol–water partition coefficient (Wildman–Crippen LogP) is 3.01. The van der Waals surface area contributed by atoms with Crippen molar-refractivity contribution in [3.63, 3.8) is 0 Å². The Balaban J connectivity index is 2.34. The molecule has 0 heterocycles. The molecule has 1 rings (SSSR count). The fraction of sp³-hybridized carbons (Fsp3) is 0.462. The number of carbonyl (C=O) groups is 1. The summed E-state index contributed by atoms with van der Waals surface area (Å²) in [4.78, 5) is 11.7. The molecular weight excluding hydrogens is 268 g/mol. The number of rotatable bonds is 6. The van der Waals surface area contributed by atoms with E-state index in [0.717, 1.165) is 12.2 Å². The average Bonchev–Trinajstić information content (AvgIpc) is 2.28. The zero-order valence-electron chi connectivity index (χ0n) is 10.9. The predicted molar refractivity (Wildman–Crippen MR) is 80.5 cm³/mol. The molecule has 0 aromatic heterocycles. The average molecular weight is 287 g/mol. The second-order valence-electron chi connectivity index (χ2n) is 4.63. The van der Waals surface area contributed by atoms with Gasteiger partial charge >= 0.3 is 0 Å². The maximum absolute atomic E-state index is 11.7. The molecule has 1 aromatic carbocycles. The number of amides is 1. The Kier molecular flexibility index (Phi) is 5.99. The number of hydrogen-bond donors (Lipinski definition) is 2. The number of carbonyl (C=O) groups excluding carboxylic acids is 1. The van der Waals surface area contributed by atoms with Crippen LogP contribution in [0.1, 0.15) is 13.8 Å². The van der Waals surface area contributed by atoms with Crippen molar-refractivity contribution >= 4 is 35.0 Å². The summed E-state index contributed by atoms with van der Waals surface area (Å²) in [5.41, 5.74) is 0.721. The van der Waals surface area contributed by atoms with Gasteiger partial charge in [0.15, 0.2) is 0 Å². The number of thioether (sulfide) groups is 1. The Bertz CT molecular complexity index is 410. The molecule has 5 heteroatoms. The Morgan fingerprint density at radius 2 is 2.17 bits per heavy atom. The number of benzene rings is 1. The van der Waals surface area contributed by atoms with Crippen LogP contribution in [-0.2, 0) is 4.79 Å². The Morgan fingerprint density at radius 1 is 1.44 bits per heavy atom. The van der Waals surface area contributed by atoms with Crippen molar-refractivity contribution in [3.8, 4) is 0 Å². The van der Waals surface area contributed by atoms with Gasteiger partial charge < -0.3 is 10.6 Å². The van der Waals surface area contributed by atoms with Crippen molar-refractivity contribution in [2.75, 3.05) is 24.7 Å². The van der Waals surface area contributed by atoms with Gasteiger partial charge in [0.25, 0.3) is 0 Å². The summed E-state index contributed by atoms with van der Waals surface area (Å²) >= 11 is 7.61. The largest absolute Gasteiger partial charge is 0.325 e. The van der Waals surface area contributed by atoms with E-state index in [1.807, 2.05) is 12.1 Å². The quantitative estimate of drug-likeness (QED) is 0.845. The molecule has 100 valence electrons. The standard InChI is InChI=1S/C13H19ClN2OS/c1-13(2,18-3)9-15-8-12(17)16-11-6-4-5-10(14)7-11/h4-7,15H,8-9H2,1-3H3,(H,16,17). The SMILES string of the molecule is CSC(C)(C)CNCC(=O)Nc1cccc(Cl)c1. The van der Waals surface area contributed by atoms with E-state index in [0.29, 0.717) is 11.6 Å². The topological polar surface area (TPSA) is 41.1 Å². The van der Waals surface area contributed by atoms with E-state index in [1.165, 1.54) is 0 Å². The first kappa shape index (κ1) is 15.3. The van der Waals surface area contributed by atoms with Gasteiger partial charge in [0.1, 0.15) is 0 Å². The maximum Gasteiger partial charge on any atom is 0.238 e. The van der Waals surface area contributed by atoms with Gasteiger partial charge in [-0.1, -0.05) is 17.7 Å². The van der Waals surface area contributed by atoms with Gasteiger partial charge in [-0.25, -0.2) is 0 Å². The molecule has 18 heavy (non-hydrogen) atoms. The van der Waals surface area contributed by atoms with Crippen molar-refractivity contribution in [1.82, 2.24) is 5.32 Å². The van der Waals surface area contributed by atoms with Gasteiger partial charge in [-0.05, 0) is 38.3 Å². The molecule has 0 saturated heterocycles. The Labute approximate surface area is 118 Å². The van der Waals surface area contributed by atoms with Crippen molar-refractivity contribution in [2.24, 2.45) is 0 Å². The van der Waals surface area contributed by atoms with Crippen LogP contribution in [-0.4, -0.2) is 30.0 Å². The lowest BCUT2D eigenvalue weighted by atomic mass is 10.2. The number of nitrogens with one attached hydrogen (secondary N) is 2. The van der Waals surface area contributed by atoms with Crippen molar-refractivity contribution in [1.29, 1.82) is 0 Å². The van der Waals surface area contributed by atoms with E-state index in [-0.39, 0.29) is 10.7 Å². The molecule has 0 aliphatic rings. The molecule has 0 fully saturated rings. The van der Waals surface area contributed by atoms with Crippen LogP contribution >= 0.6 is 23.4 Å². The fourth-order valence-electron chi connectivity index (χ4n) is 1.32. The molecule has 0 aliphatic heterocycles. The summed E-state index contributed by atoms with van der Waals surface area (Å²) in [7, 11) is 0. The Morgan fingerprint density at radius 3 is 2.78 bits per heavy atom. The van der Waals surface area contributed by atoms with Crippen molar-refractivity contribution in [3.05, 3.63) is 29.3 Å². The molecular formula is C13H19ClN2OS. The highest BCUT2D eigenvalue weighted by Gasteiger charge is 2.15. The molecule has 1 amide bonds. The van der Waals surface area contributed by atoms with Gasteiger partial charge in [-0.3, -0.25) is 4.79 Å².